The molecule has 8 nitrogen and oxygen atoms in total. The number of nitrogens with zero attached hydrogens (tertiary/aromatic N) is 3. The largest absolute Gasteiger partial charge is 0.472 e. The molecular formula is C22H25N5O3S2. The summed E-state index contributed by atoms with van der Waals surface area (Å²) in [7, 11) is -3.53. The maximum absolute atomic E-state index is 13.0. The zero-order valence-electron chi connectivity index (χ0n) is 17.5. The Labute approximate surface area is 193 Å². The lowest BCUT2D eigenvalue weighted by Gasteiger charge is -2.33. The highest BCUT2D eigenvalue weighted by molar-refractivity contribution is 7.89. The number of hydrogen-bond donors (Lipinski definition) is 2. The number of pyridine rings is 1. The second-order valence-corrected chi connectivity index (χ2v) is 9.85. The fourth-order valence-corrected chi connectivity index (χ4v) is 5.10. The van der Waals surface area contributed by atoms with Crippen LogP contribution in [0.4, 0.5) is 5.69 Å². The van der Waals surface area contributed by atoms with E-state index in [1.165, 1.54) is 0 Å². The summed E-state index contributed by atoms with van der Waals surface area (Å²) < 4.78 is 32.7. The first-order chi connectivity index (χ1) is 15.5. The molecule has 0 saturated carbocycles. The molecule has 0 atom stereocenters. The van der Waals surface area contributed by atoms with Crippen LogP contribution in [0.25, 0.3) is 0 Å². The molecule has 10 heteroatoms. The van der Waals surface area contributed by atoms with Crippen molar-refractivity contribution in [3.05, 3.63) is 78.5 Å². The van der Waals surface area contributed by atoms with Crippen molar-refractivity contribution in [3.8, 4) is 0 Å². The maximum atomic E-state index is 13.0. The van der Waals surface area contributed by atoms with Crippen LogP contribution in [0.1, 0.15) is 11.1 Å². The number of rotatable bonds is 7. The van der Waals surface area contributed by atoms with Crippen molar-refractivity contribution in [2.24, 2.45) is 0 Å². The van der Waals surface area contributed by atoms with Crippen molar-refractivity contribution >= 4 is 33.0 Å². The first-order valence-electron chi connectivity index (χ1n) is 10.3. The second-order valence-electron chi connectivity index (χ2n) is 7.51. The molecule has 1 aromatic carbocycles. The molecule has 0 amide bonds. The molecule has 32 heavy (non-hydrogen) atoms. The van der Waals surface area contributed by atoms with Crippen molar-refractivity contribution in [3.63, 3.8) is 0 Å². The molecule has 1 aliphatic rings. The normalized spacial score (nSPS) is 15.4. The average molecular weight is 472 g/mol. The zero-order valence-corrected chi connectivity index (χ0v) is 19.1. The molecule has 3 aromatic rings. The lowest BCUT2D eigenvalue weighted by atomic mass is 10.3. The predicted octanol–water partition coefficient (Wildman–Crippen LogP) is 2.67. The SMILES string of the molecule is O=S(=O)(c1ccc(NC(=S)NCc2cccnc2)cc1)N1CCN(Cc2ccoc2)CC1. The third kappa shape index (κ3) is 5.71. The molecule has 0 unspecified atom stereocenters. The minimum atomic E-state index is -3.53. The Bertz CT molecular complexity index is 1110. The van der Waals surface area contributed by atoms with Gasteiger partial charge in [0, 0.05) is 62.9 Å². The Kier molecular flexibility index (Phi) is 7.15. The maximum Gasteiger partial charge on any atom is 0.243 e. The second kappa shape index (κ2) is 10.2. The topological polar surface area (TPSA) is 90.7 Å². The fourth-order valence-electron chi connectivity index (χ4n) is 3.49. The van der Waals surface area contributed by atoms with Crippen LogP contribution in [0.3, 0.4) is 0 Å². The molecule has 168 valence electrons. The fraction of sp³-hybridized carbons (Fsp3) is 0.273. The van der Waals surface area contributed by atoms with E-state index in [0.717, 1.165) is 23.4 Å². The highest BCUT2D eigenvalue weighted by Gasteiger charge is 2.28. The van der Waals surface area contributed by atoms with Gasteiger partial charge in [-0.05, 0) is 54.2 Å². The van der Waals surface area contributed by atoms with Crippen molar-refractivity contribution in [1.29, 1.82) is 0 Å². The highest BCUT2D eigenvalue weighted by atomic mass is 32.2. The van der Waals surface area contributed by atoms with Gasteiger partial charge in [0.2, 0.25) is 10.0 Å². The van der Waals surface area contributed by atoms with E-state index in [1.807, 2.05) is 18.2 Å². The number of hydrogen-bond acceptors (Lipinski definition) is 6. The summed E-state index contributed by atoms with van der Waals surface area (Å²) in [5.74, 6) is 0. The van der Waals surface area contributed by atoms with Gasteiger partial charge in [-0.1, -0.05) is 6.07 Å². The smallest absolute Gasteiger partial charge is 0.243 e. The number of nitrogens with one attached hydrogen (secondary N) is 2. The van der Waals surface area contributed by atoms with Gasteiger partial charge in [-0.15, -0.1) is 0 Å². The van der Waals surface area contributed by atoms with E-state index < -0.39 is 10.0 Å². The van der Waals surface area contributed by atoms with Gasteiger partial charge in [-0.25, -0.2) is 8.42 Å². The van der Waals surface area contributed by atoms with E-state index in [2.05, 4.69) is 20.5 Å². The van der Waals surface area contributed by atoms with Gasteiger partial charge >= 0.3 is 0 Å². The standard InChI is InChI=1S/C22H25N5O3S2/c28-32(29,27-11-9-26(10-12-27)16-19-7-13-30-17-19)21-5-3-20(4-6-21)25-22(31)24-15-18-2-1-8-23-14-18/h1-8,13-14,17H,9-12,15-16H2,(H2,24,25,31). The van der Waals surface area contributed by atoms with Crippen LogP contribution >= 0.6 is 12.2 Å². The van der Waals surface area contributed by atoms with Crippen LogP contribution in [-0.4, -0.2) is 53.9 Å². The van der Waals surface area contributed by atoms with Crippen LogP contribution in [0, 0.1) is 0 Å². The molecule has 2 aromatic heterocycles. The van der Waals surface area contributed by atoms with Crippen molar-refractivity contribution in [2.45, 2.75) is 18.0 Å². The summed E-state index contributed by atoms with van der Waals surface area (Å²) >= 11 is 5.32. The predicted molar refractivity (Wildman–Crippen MR) is 126 cm³/mol. The van der Waals surface area contributed by atoms with Gasteiger partial charge in [0.15, 0.2) is 5.11 Å². The number of aromatic nitrogens is 1. The van der Waals surface area contributed by atoms with Crippen LogP contribution in [0.2, 0.25) is 0 Å². The van der Waals surface area contributed by atoms with E-state index >= 15 is 0 Å². The number of sulfonamides is 1. The number of thiocarbonyl (C=S) groups is 1. The Morgan fingerprint density at radius 2 is 1.84 bits per heavy atom. The van der Waals surface area contributed by atoms with E-state index in [1.54, 1.807) is 53.5 Å². The first kappa shape index (κ1) is 22.4. The summed E-state index contributed by atoms with van der Waals surface area (Å²) in [6.07, 6.45) is 6.86. The lowest BCUT2D eigenvalue weighted by molar-refractivity contribution is 0.181. The summed E-state index contributed by atoms with van der Waals surface area (Å²) in [5, 5.41) is 6.64. The number of benzene rings is 1. The van der Waals surface area contributed by atoms with Crippen LogP contribution in [0.15, 0.2) is 76.7 Å². The molecule has 1 fully saturated rings. The zero-order chi connectivity index (χ0) is 22.4. The monoisotopic (exact) mass is 471 g/mol. The Balaban J connectivity index is 1.29. The number of anilines is 1. The minimum Gasteiger partial charge on any atom is -0.472 e. The molecule has 1 aliphatic heterocycles. The summed E-state index contributed by atoms with van der Waals surface area (Å²) in [4.78, 5) is 6.57. The average Bonchev–Trinajstić information content (AvgIpc) is 3.32. The lowest BCUT2D eigenvalue weighted by Crippen LogP contribution is -2.48. The van der Waals surface area contributed by atoms with Crippen molar-refractivity contribution in [2.75, 3.05) is 31.5 Å². The molecule has 2 N–H and O–H groups in total. The number of piperazine rings is 1. The van der Waals surface area contributed by atoms with Gasteiger partial charge in [0.05, 0.1) is 17.4 Å². The van der Waals surface area contributed by atoms with Crippen LogP contribution in [0.5, 0.6) is 0 Å². The van der Waals surface area contributed by atoms with Gasteiger partial charge in [0.1, 0.15) is 0 Å². The van der Waals surface area contributed by atoms with Gasteiger partial charge < -0.3 is 15.1 Å². The van der Waals surface area contributed by atoms with Gasteiger partial charge in [0.25, 0.3) is 0 Å². The summed E-state index contributed by atoms with van der Waals surface area (Å²) in [6.45, 7) is 3.60. The van der Waals surface area contributed by atoms with Gasteiger partial charge in [-0.2, -0.15) is 4.31 Å². The third-order valence-electron chi connectivity index (χ3n) is 5.24. The minimum absolute atomic E-state index is 0.278. The van der Waals surface area contributed by atoms with E-state index in [4.69, 9.17) is 16.6 Å². The molecule has 1 saturated heterocycles. The molecule has 0 bridgehead atoms. The van der Waals surface area contributed by atoms with Crippen molar-refractivity contribution < 1.29 is 12.8 Å². The molecule has 3 heterocycles. The molecular weight excluding hydrogens is 446 g/mol. The molecule has 0 radical (unpaired) electrons. The number of furan rings is 1. The van der Waals surface area contributed by atoms with E-state index in [-0.39, 0.29) is 4.90 Å². The molecule has 0 aliphatic carbocycles. The third-order valence-corrected chi connectivity index (χ3v) is 7.40. The summed E-state index contributed by atoms with van der Waals surface area (Å²) in [6, 6.07) is 12.4. The summed E-state index contributed by atoms with van der Waals surface area (Å²) in [5.41, 5.74) is 2.83. The van der Waals surface area contributed by atoms with E-state index in [0.29, 0.717) is 37.8 Å². The van der Waals surface area contributed by atoms with Crippen LogP contribution in [-0.2, 0) is 23.1 Å². The van der Waals surface area contributed by atoms with Crippen molar-refractivity contribution in [1.82, 2.24) is 19.5 Å². The molecule has 0 spiro atoms. The molecule has 4 rings (SSSR count). The quantitative estimate of drug-likeness (QED) is 0.509. The Hall–Kier alpha value is -2.79. The Morgan fingerprint density at radius 1 is 1.06 bits per heavy atom. The first-order valence-corrected chi connectivity index (χ1v) is 12.1. The van der Waals surface area contributed by atoms with Crippen LogP contribution < -0.4 is 10.6 Å². The Morgan fingerprint density at radius 3 is 2.50 bits per heavy atom. The highest BCUT2D eigenvalue weighted by Crippen LogP contribution is 2.20. The van der Waals surface area contributed by atoms with E-state index in [9.17, 15) is 8.42 Å². The van der Waals surface area contributed by atoms with Gasteiger partial charge in [-0.3, -0.25) is 9.88 Å².